The van der Waals surface area contributed by atoms with E-state index >= 15 is 0 Å². The van der Waals surface area contributed by atoms with Crippen LogP contribution < -0.4 is 20.7 Å². The Kier molecular flexibility index (Phi) is 7.72. The Labute approximate surface area is 160 Å². The minimum absolute atomic E-state index is 0. The van der Waals surface area contributed by atoms with E-state index in [2.05, 4.69) is 16.0 Å². The van der Waals surface area contributed by atoms with Gasteiger partial charge in [0.05, 0.1) is 13.2 Å². The van der Waals surface area contributed by atoms with Crippen LogP contribution in [0.15, 0.2) is 24.3 Å². The van der Waals surface area contributed by atoms with Gasteiger partial charge in [0.25, 0.3) is 5.91 Å². The molecule has 1 aliphatic carbocycles. The summed E-state index contributed by atoms with van der Waals surface area (Å²) in [6.07, 6.45) is 5.90. The predicted molar refractivity (Wildman–Crippen MR) is 103 cm³/mol. The lowest BCUT2D eigenvalue weighted by Crippen LogP contribution is -2.45. The predicted octanol–water partition coefficient (Wildman–Crippen LogP) is 1.88. The summed E-state index contributed by atoms with van der Waals surface area (Å²) in [5.41, 5.74) is 0.548. The Balaban J connectivity index is 0.00000243. The van der Waals surface area contributed by atoms with Gasteiger partial charge >= 0.3 is 0 Å². The zero-order valence-corrected chi connectivity index (χ0v) is 15.9. The summed E-state index contributed by atoms with van der Waals surface area (Å²) < 4.78 is 5.12. The molecule has 6 nitrogen and oxygen atoms in total. The molecule has 0 aromatic heterocycles. The summed E-state index contributed by atoms with van der Waals surface area (Å²) in [4.78, 5) is 24.4. The second kappa shape index (κ2) is 9.78. The van der Waals surface area contributed by atoms with Gasteiger partial charge in [-0.05, 0) is 43.4 Å². The molecule has 0 bridgehead atoms. The molecule has 144 valence electrons. The molecule has 1 aromatic rings. The van der Waals surface area contributed by atoms with Crippen molar-refractivity contribution in [2.45, 2.75) is 44.2 Å². The fourth-order valence-corrected chi connectivity index (χ4v) is 3.87. The van der Waals surface area contributed by atoms with Crippen LogP contribution in [0.4, 0.5) is 0 Å². The number of fused-ring (bicyclic) bond motifs is 1. The van der Waals surface area contributed by atoms with Gasteiger partial charge in [0, 0.05) is 24.7 Å². The van der Waals surface area contributed by atoms with E-state index in [4.69, 9.17) is 4.74 Å². The highest BCUT2D eigenvalue weighted by Gasteiger charge is 2.37. The van der Waals surface area contributed by atoms with E-state index in [-0.39, 0.29) is 30.3 Å². The van der Waals surface area contributed by atoms with Crippen LogP contribution in [0.3, 0.4) is 0 Å². The fraction of sp³-hybridized carbons (Fsp3) is 0.579. The van der Waals surface area contributed by atoms with Crippen molar-refractivity contribution in [3.8, 4) is 5.75 Å². The number of methoxy groups -OCH3 is 1. The van der Waals surface area contributed by atoms with Crippen molar-refractivity contribution < 1.29 is 14.3 Å². The molecule has 2 fully saturated rings. The third kappa shape index (κ3) is 5.11. The molecule has 1 heterocycles. The van der Waals surface area contributed by atoms with E-state index in [9.17, 15) is 9.59 Å². The monoisotopic (exact) mass is 381 g/mol. The van der Waals surface area contributed by atoms with E-state index in [0.29, 0.717) is 36.4 Å². The molecular formula is C19H28ClN3O3. The van der Waals surface area contributed by atoms with E-state index in [0.717, 1.165) is 6.42 Å². The highest BCUT2D eigenvalue weighted by Crippen LogP contribution is 2.33. The molecule has 2 amide bonds. The summed E-state index contributed by atoms with van der Waals surface area (Å²) in [5, 5.41) is 9.21. The van der Waals surface area contributed by atoms with Gasteiger partial charge in [-0.15, -0.1) is 12.4 Å². The first-order chi connectivity index (χ1) is 12.2. The second-order valence-corrected chi connectivity index (χ2v) is 6.88. The Morgan fingerprint density at radius 1 is 1.19 bits per heavy atom. The van der Waals surface area contributed by atoms with Gasteiger partial charge in [-0.3, -0.25) is 9.59 Å². The van der Waals surface area contributed by atoms with Gasteiger partial charge in [-0.1, -0.05) is 18.9 Å². The molecule has 1 aromatic carbocycles. The number of rotatable bonds is 6. The van der Waals surface area contributed by atoms with Crippen LogP contribution in [-0.4, -0.2) is 44.1 Å². The van der Waals surface area contributed by atoms with Crippen molar-refractivity contribution in [1.82, 2.24) is 16.0 Å². The Morgan fingerprint density at radius 3 is 2.73 bits per heavy atom. The van der Waals surface area contributed by atoms with Crippen LogP contribution in [0, 0.1) is 5.92 Å². The zero-order valence-electron chi connectivity index (χ0n) is 15.1. The first-order valence-electron chi connectivity index (χ1n) is 9.13. The van der Waals surface area contributed by atoms with E-state index in [1.165, 1.54) is 25.7 Å². The molecule has 0 radical (unpaired) electrons. The van der Waals surface area contributed by atoms with Crippen molar-refractivity contribution in [2.75, 3.05) is 20.2 Å². The molecule has 7 heteroatoms. The zero-order chi connectivity index (χ0) is 17.6. The number of amides is 2. The van der Waals surface area contributed by atoms with Crippen molar-refractivity contribution in [1.29, 1.82) is 0 Å². The Bertz CT molecular complexity index is 612. The topological polar surface area (TPSA) is 79.5 Å². The maximum atomic E-state index is 12.3. The van der Waals surface area contributed by atoms with Crippen molar-refractivity contribution in [3.63, 3.8) is 0 Å². The van der Waals surface area contributed by atoms with Gasteiger partial charge in [0.1, 0.15) is 5.75 Å². The van der Waals surface area contributed by atoms with Gasteiger partial charge in [0.2, 0.25) is 5.91 Å². The third-order valence-electron chi connectivity index (χ3n) is 5.22. The molecule has 26 heavy (non-hydrogen) atoms. The minimum atomic E-state index is -0.168. The van der Waals surface area contributed by atoms with Crippen LogP contribution >= 0.6 is 12.4 Å². The molecule has 1 aliphatic heterocycles. The van der Waals surface area contributed by atoms with Gasteiger partial charge in [-0.2, -0.15) is 0 Å². The molecule has 0 spiro atoms. The van der Waals surface area contributed by atoms with Crippen LogP contribution in [-0.2, 0) is 4.79 Å². The number of hydrogen-bond acceptors (Lipinski definition) is 4. The fourth-order valence-electron chi connectivity index (χ4n) is 3.87. The quantitative estimate of drug-likeness (QED) is 0.657. The molecule has 2 aliphatic rings. The molecule has 1 saturated heterocycles. The highest BCUT2D eigenvalue weighted by molar-refractivity contribution is 5.94. The van der Waals surface area contributed by atoms with E-state index in [1.54, 1.807) is 31.4 Å². The summed E-state index contributed by atoms with van der Waals surface area (Å²) in [6.45, 7) is 0.837. The highest BCUT2D eigenvalue weighted by atomic mass is 35.5. The first-order valence-corrected chi connectivity index (χ1v) is 9.13. The normalized spacial score (nSPS) is 24.1. The smallest absolute Gasteiger partial charge is 0.251 e. The van der Waals surface area contributed by atoms with E-state index in [1.807, 2.05) is 0 Å². The van der Waals surface area contributed by atoms with Gasteiger partial charge in [-0.25, -0.2) is 0 Å². The van der Waals surface area contributed by atoms with Gasteiger partial charge in [0.15, 0.2) is 0 Å². The van der Waals surface area contributed by atoms with Crippen LogP contribution in [0.1, 0.15) is 42.5 Å². The number of ether oxygens (including phenoxy) is 1. The summed E-state index contributed by atoms with van der Waals surface area (Å²) in [5.74, 6) is 1.18. The molecule has 1 saturated carbocycles. The Morgan fingerprint density at radius 2 is 1.96 bits per heavy atom. The first kappa shape index (κ1) is 20.5. The van der Waals surface area contributed by atoms with Crippen molar-refractivity contribution >= 4 is 24.2 Å². The lowest BCUT2D eigenvalue weighted by Gasteiger charge is -2.24. The molecule has 3 rings (SSSR count). The molecule has 3 atom stereocenters. The minimum Gasteiger partial charge on any atom is -0.497 e. The Hall–Kier alpha value is -1.79. The summed E-state index contributed by atoms with van der Waals surface area (Å²) in [7, 11) is 1.57. The number of hydrogen-bond donors (Lipinski definition) is 3. The number of benzene rings is 1. The molecular weight excluding hydrogens is 354 g/mol. The van der Waals surface area contributed by atoms with Gasteiger partial charge < -0.3 is 20.7 Å². The summed E-state index contributed by atoms with van der Waals surface area (Å²) in [6, 6.07) is 7.43. The van der Waals surface area contributed by atoms with E-state index < -0.39 is 0 Å². The number of carbonyl (C=O) groups excluding carboxylic acids is 2. The summed E-state index contributed by atoms with van der Waals surface area (Å²) >= 11 is 0. The molecule has 3 N–H and O–H groups in total. The van der Waals surface area contributed by atoms with Crippen LogP contribution in [0.2, 0.25) is 0 Å². The van der Waals surface area contributed by atoms with Crippen molar-refractivity contribution in [3.05, 3.63) is 29.8 Å². The average Bonchev–Trinajstić information content (AvgIpc) is 3.09. The number of halogens is 1. The van der Waals surface area contributed by atoms with Crippen LogP contribution in [0.25, 0.3) is 0 Å². The lowest BCUT2D eigenvalue weighted by atomic mass is 9.85. The molecule has 3 unspecified atom stereocenters. The largest absolute Gasteiger partial charge is 0.497 e. The second-order valence-electron chi connectivity index (χ2n) is 6.88. The van der Waals surface area contributed by atoms with Crippen LogP contribution in [0.5, 0.6) is 5.75 Å². The number of nitrogens with one attached hydrogen (secondary N) is 3. The maximum absolute atomic E-state index is 12.3. The average molecular weight is 382 g/mol. The number of carbonyl (C=O) groups is 2. The lowest BCUT2D eigenvalue weighted by molar-refractivity contribution is -0.122. The maximum Gasteiger partial charge on any atom is 0.251 e. The standard InChI is InChI=1S/C19H27N3O3.ClH/c1-25-15-7-4-6-14(11-15)18(23)20-9-10-21-19(24)17-12-13-5-2-3-8-16(13)22-17;/h4,6-7,11,13,16-17,22H,2-3,5,8-10,12H2,1H3,(H,20,23)(H,21,24);1H. The van der Waals surface area contributed by atoms with Crippen molar-refractivity contribution in [2.24, 2.45) is 5.92 Å². The third-order valence-corrected chi connectivity index (χ3v) is 5.22. The SMILES string of the molecule is COc1cccc(C(=O)NCCNC(=O)C2CC3CCCCC3N2)c1.Cl.